The van der Waals surface area contributed by atoms with Gasteiger partial charge in [0.05, 0.1) is 5.52 Å². The third-order valence-electron chi connectivity index (χ3n) is 3.03. The molecule has 0 saturated carbocycles. The Morgan fingerprint density at radius 3 is 2.67 bits per heavy atom. The van der Waals surface area contributed by atoms with E-state index in [0.717, 1.165) is 21.5 Å². The van der Waals surface area contributed by atoms with Crippen molar-refractivity contribution in [2.75, 3.05) is 5.73 Å². The minimum absolute atomic E-state index is 0.684. The second-order valence-corrected chi connectivity index (χ2v) is 4.96. The lowest BCUT2D eigenvalue weighted by Crippen LogP contribution is -1.98. The number of imidazole rings is 1. The summed E-state index contributed by atoms with van der Waals surface area (Å²) in [6.07, 6.45) is 0. The van der Waals surface area contributed by atoms with Crippen LogP contribution in [0.1, 0.15) is 5.56 Å². The van der Waals surface area contributed by atoms with Crippen molar-refractivity contribution in [3.05, 3.63) is 52.6 Å². The van der Waals surface area contributed by atoms with Crippen LogP contribution in [0.5, 0.6) is 0 Å². The van der Waals surface area contributed by atoms with Crippen molar-refractivity contribution in [3.8, 4) is 11.4 Å². The van der Waals surface area contributed by atoms with Gasteiger partial charge < -0.3 is 5.73 Å². The monoisotopic (exact) mass is 301 g/mol. The molecule has 0 aliphatic heterocycles. The second-order valence-electron chi connectivity index (χ2n) is 4.21. The number of pyridine rings is 1. The fourth-order valence-electron chi connectivity index (χ4n) is 2.13. The quantitative estimate of drug-likeness (QED) is 0.745. The van der Waals surface area contributed by atoms with Crippen LogP contribution in [-0.4, -0.2) is 9.38 Å². The third kappa shape index (κ3) is 1.61. The van der Waals surface area contributed by atoms with E-state index >= 15 is 0 Å². The summed E-state index contributed by atoms with van der Waals surface area (Å²) in [4.78, 5) is 4.58. The van der Waals surface area contributed by atoms with Crippen LogP contribution in [0.3, 0.4) is 0 Å². The first-order valence-corrected chi connectivity index (χ1v) is 6.46. The highest BCUT2D eigenvalue weighted by molar-refractivity contribution is 9.10. The number of benzene rings is 1. The molecule has 3 nitrogen and oxygen atoms in total. The second kappa shape index (κ2) is 4.14. The topological polar surface area (TPSA) is 43.3 Å². The first kappa shape index (κ1) is 11.3. The average Bonchev–Trinajstić information content (AvgIpc) is 2.69. The summed E-state index contributed by atoms with van der Waals surface area (Å²) in [7, 11) is 0. The lowest BCUT2D eigenvalue weighted by Gasteiger charge is -2.06. The number of nitrogen functional groups attached to an aromatic ring is 1. The summed E-state index contributed by atoms with van der Waals surface area (Å²) < 4.78 is 2.78. The van der Waals surface area contributed by atoms with Crippen LogP contribution in [0.4, 0.5) is 5.82 Å². The van der Waals surface area contributed by atoms with E-state index in [4.69, 9.17) is 5.73 Å². The zero-order valence-electron chi connectivity index (χ0n) is 9.89. The lowest BCUT2D eigenvalue weighted by molar-refractivity contribution is 1.16. The number of hydrogen-bond donors (Lipinski definition) is 1. The van der Waals surface area contributed by atoms with Gasteiger partial charge in [-0.15, -0.1) is 0 Å². The van der Waals surface area contributed by atoms with E-state index in [1.54, 1.807) is 0 Å². The number of fused-ring (bicyclic) bond motifs is 1. The van der Waals surface area contributed by atoms with Gasteiger partial charge in [0.1, 0.15) is 16.2 Å². The van der Waals surface area contributed by atoms with Crippen molar-refractivity contribution in [2.45, 2.75) is 6.92 Å². The van der Waals surface area contributed by atoms with E-state index in [1.807, 2.05) is 34.7 Å². The van der Waals surface area contributed by atoms with Crippen LogP contribution in [-0.2, 0) is 0 Å². The van der Waals surface area contributed by atoms with E-state index in [9.17, 15) is 0 Å². The first-order chi connectivity index (χ1) is 8.68. The number of rotatable bonds is 1. The summed E-state index contributed by atoms with van der Waals surface area (Å²) >= 11 is 3.49. The summed E-state index contributed by atoms with van der Waals surface area (Å²) in [6.45, 7) is 2.07. The van der Waals surface area contributed by atoms with Gasteiger partial charge in [-0.05, 0) is 40.5 Å². The Kier molecular flexibility index (Phi) is 2.59. The number of aryl methyl sites for hydroxylation is 1. The van der Waals surface area contributed by atoms with Gasteiger partial charge in [-0.1, -0.05) is 30.3 Å². The number of nitrogens with zero attached hydrogens (tertiary/aromatic N) is 2. The van der Waals surface area contributed by atoms with E-state index in [0.29, 0.717) is 5.82 Å². The Labute approximate surface area is 113 Å². The smallest absolute Gasteiger partial charge is 0.147 e. The van der Waals surface area contributed by atoms with Crippen molar-refractivity contribution in [1.29, 1.82) is 0 Å². The van der Waals surface area contributed by atoms with Crippen molar-refractivity contribution in [3.63, 3.8) is 0 Å². The molecule has 0 spiro atoms. The molecule has 0 radical (unpaired) electrons. The maximum atomic E-state index is 6.06. The summed E-state index contributed by atoms with van der Waals surface area (Å²) in [5, 5.41) is 0. The molecule has 1 aromatic carbocycles. The normalized spacial score (nSPS) is 11.0. The Bertz CT molecular complexity index is 731. The van der Waals surface area contributed by atoms with Crippen molar-refractivity contribution in [1.82, 2.24) is 9.38 Å². The Morgan fingerprint density at radius 1 is 1.11 bits per heavy atom. The molecule has 2 heterocycles. The molecule has 0 aliphatic carbocycles. The van der Waals surface area contributed by atoms with E-state index in [2.05, 4.69) is 40.0 Å². The largest absolute Gasteiger partial charge is 0.385 e. The number of hydrogen-bond acceptors (Lipinski definition) is 2. The molecule has 4 heteroatoms. The van der Waals surface area contributed by atoms with Gasteiger partial charge in [0.25, 0.3) is 0 Å². The summed E-state index contributed by atoms with van der Waals surface area (Å²) in [5.74, 6) is 1.55. The van der Waals surface area contributed by atoms with Crippen LogP contribution >= 0.6 is 15.9 Å². The standard InChI is InChI=1S/C14H12BrN3/c1-9-5-2-3-6-10(9)14-17-13(15)11-7-4-8-12(16)18(11)14/h2-8H,16H2,1H3. The highest BCUT2D eigenvalue weighted by atomic mass is 79.9. The first-order valence-electron chi connectivity index (χ1n) is 5.67. The number of aromatic nitrogens is 2. The summed E-state index contributed by atoms with van der Waals surface area (Å²) in [6, 6.07) is 14.0. The zero-order valence-corrected chi connectivity index (χ0v) is 11.5. The maximum Gasteiger partial charge on any atom is 0.147 e. The molecular formula is C14H12BrN3. The van der Waals surface area contributed by atoms with Gasteiger partial charge in [-0.25, -0.2) is 4.98 Å². The van der Waals surface area contributed by atoms with Crippen LogP contribution in [0.2, 0.25) is 0 Å². The fourth-order valence-corrected chi connectivity index (χ4v) is 2.61. The molecule has 3 aromatic rings. The molecular weight excluding hydrogens is 290 g/mol. The SMILES string of the molecule is Cc1ccccc1-c1nc(Br)c2cccc(N)n12. The van der Waals surface area contributed by atoms with Gasteiger partial charge in [0, 0.05) is 5.56 Å². The molecule has 0 saturated heterocycles. The Hall–Kier alpha value is -1.81. The van der Waals surface area contributed by atoms with Crippen LogP contribution in [0.15, 0.2) is 47.1 Å². The van der Waals surface area contributed by atoms with Crippen molar-refractivity contribution < 1.29 is 0 Å². The Morgan fingerprint density at radius 2 is 1.89 bits per heavy atom. The molecule has 2 aromatic heterocycles. The predicted octanol–water partition coefficient (Wildman–Crippen LogP) is 3.65. The maximum absolute atomic E-state index is 6.06. The highest BCUT2D eigenvalue weighted by Crippen LogP contribution is 2.29. The molecule has 0 atom stereocenters. The zero-order chi connectivity index (χ0) is 12.7. The molecule has 0 bridgehead atoms. The number of anilines is 1. The average molecular weight is 302 g/mol. The predicted molar refractivity (Wildman–Crippen MR) is 77.5 cm³/mol. The molecule has 0 unspecified atom stereocenters. The Balaban J connectivity index is 2.41. The molecule has 3 rings (SSSR count). The van der Waals surface area contributed by atoms with E-state index < -0.39 is 0 Å². The molecule has 0 fully saturated rings. The van der Waals surface area contributed by atoms with Crippen LogP contribution < -0.4 is 5.73 Å². The highest BCUT2D eigenvalue weighted by Gasteiger charge is 2.13. The lowest BCUT2D eigenvalue weighted by atomic mass is 10.1. The van der Waals surface area contributed by atoms with Gasteiger partial charge in [0.2, 0.25) is 0 Å². The van der Waals surface area contributed by atoms with Gasteiger partial charge in [-0.2, -0.15) is 0 Å². The van der Waals surface area contributed by atoms with Crippen molar-refractivity contribution >= 4 is 27.3 Å². The van der Waals surface area contributed by atoms with Crippen LogP contribution in [0.25, 0.3) is 16.9 Å². The van der Waals surface area contributed by atoms with Gasteiger partial charge >= 0.3 is 0 Å². The third-order valence-corrected chi connectivity index (χ3v) is 3.62. The van der Waals surface area contributed by atoms with E-state index in [-0.39, 0.29) is 0 Å². The minimum atomic E-state index is 0.684. The number of nitrogens with two attached hydrogens (primary N) is 1. The van der Waals surface area contributed by atoms with Crippen molar-refractivity contribution in [2.24, 2.45) is 0 Å². The van der Waals surface area contributed by atoms with Crippen LogP contribution in [0, 0.1) is 6.92 Å². The molecule has 2 N–H and O–H groups in total. The van der Waals surface area contributed by atoms with Gasteiger partial charge in [-0.3, -0.25) is 4.40 Å². The van der Waals surface area contributed by atoms with E-state index in [1.165, 1.54) is 5.56 Å². The number of halogens is 1. The fraction of sp³-hybridized carbons (Fsp3) is 0.0714. The molecule has 0 aliphatic rings. The van der Waals surface area contributed by atoms with Gasteiger partial charge in [0.15, 0.2) is 0 Å². The molecule has 18 heavy (non-hydrogen) atoms. The molecule has 90 valence electrons. The summed E-state index contributed by atoms with van der Waals surface area (Å²) in [5.41, 5.74) is 9.31. The molecule has 0 amide bonds. The minimum Gasteiger partial charge on any atom is -0.385 e.